The molecule has 0 aliphatic heterocycles. The van der Waals surface area contributed by atoms with Gasteiger partial charge in [0.1, 0.15) is 6.33 Å². The SMILES string of the molecule is CCOC(=O)c1cn(-c2cccc(C)c2)cn1. The smallest absolute Gasteiger partial charge is 0.358 e. The van der Waals surface area contributed by atoms with E-state index in [0.29, 0.717) is 12.3 Å². The first-order chi connectivity index (χ1) is 8.20. The van der Waals surface area contributed by atoms with E-state index < -0.39 is 0 Å². The van der Waals surface area contributed by atoms with E-state index in [-0.39, 0.29) is 5.97 Å². The molecule has 0 amide bonds. The Kier molecular flexibility index (Phi) is 3.23. The second-order valence-electron chi connectivity index (χ2n) is 3.73. The standard InChI is InChI=1S/C13H14N2O2/c1-3-17-13(16)12-8-15(9-14-12)11-6-4-5-10(2)7-11/h4-9H,3H2,1-2H3. The first-order valence-electron chi connectivity index (χ1n) is 5.49. The predicted molar refractivity (Wildman–Crippen MR) is 64.3 cm³/mol. The molecule has 1 aromatic carbocycles. The van der Waals surface area contributed by atoms with Crippen molar-refractivity contribution >= 4 is 5.97 Å². The normalized spacial score (nSPS) is 10.2. The van der Waals surface area contributed by atoms with Crippen LogP contribution >= 0.6 is 0 Å². The summed E-state index contributed by atoms with van der Waals surface area (Å²) in [6.45, 7) is 4.15. The van der Waals surface area contributed by atoms with Gasteiger partial charge in [-0.1, -0.05) is 12.1 Å². The van der Waals surface area contributed by atoms with Crippen LogP contribution in [-0.2, 0) is 4.74 Å². The molecule has 0 aliphatic carbocycles. The van der Waals surface area contributed by atoms with Crippen LogP contribution in [0.25, 0.3) is 5.69 Å². The summed E-state index contributed by atoms with van der Waals surface area (Å²) in [4.78, 5) is 15.5. The molecule has 0 unspecified atom stereocenters. The van der Waals surface area contributed by atoms with Crippen molar-refractivity contribution in [3.8, 4) is 5.69 Å². The third-order valence-corrected chi connectivity index (χ3v) is 2.37. The Balaban J connectivity index is 2.27. The van der Waals surface area contributed by atoms with Gasteiger partial charge < -0.3 is 9.30 Å². The van der Waals surface area contributed by atoms with E-state index in [4.69, 9.17) is 4.74 Å². The van der Waals surface area contributed by atoms with Crippen molar-refractivity contribution in [2.24, 2.45) is 0 Å². The van der Waals surface area contributed by atoms with Crippen LogP contribution in [0.1, 0.15) is 23.0 Å². The number of benzene rings is 1. The lowest BCUT2D eigenvalue weighted by Crippen LogP contribution is -2.04. The summed E-state index contributed by atoms with van der Waals surface area (Å²) in [5.74, 6) is -0.390. The molecule has 0 saturated heterocycles. The zero-order chi connectivity index (χ0) is 12.3. The van der Waals surface area contributed by atoms with Gasteiger partial charge in [0.15, 0.2) is 5.69 Å². The minimum Gasteiger partial charge on any atom is -0.461 e. The molecular formula is C13H14N2O2. The Morgan fingerprint density at radius 2 is 2.29 bits per heavy atom. The Hall–Kier alpha value is -2.10. The van der Waals surface area contributed by atoms with E-state index in [1.807, 2.05) is 31.2 Å². The van der Waals surface area contributed by atoms with Crippen LogP contribution < -0.4 is 0 Å². The topological polar surface area (TPSA) is 44.1 Å². The molecule has 0 bridgehead atoms. The Morgan fingerprint density at radius 3 is 3.00 bits per heavy atom. The molecule has 2 rings (SSSR count). The number of esters is 1. The van der Waals surface area contributed by atoms with Gasteiger partial charge in [0.25, 0.3) is 0 Å². The van der Waals surface area contributed by atoms with Gasteiger partial charge >= 0.3 is 5.97 Å². The molecule has 0 saturated carbocycles. The van der Waals surface area contributed by atoms with Crippen LogP contribution in [0.2, 0.25) is 0 Å². The van der Waals surface area contributed by atoms with Gasteiger partial charge in [0.05, 0.1) is 6.61 Å². The number of carbonyl (C=O) groups excluding carboxylic acids is 1. The maximum Gasteiger partial charge on any atom is 0.358 e. The van der Waals surface area contributed by atoms with Crippen LogP contribution in [0.3, 0.4) is 0 Å². The third-order valence-electron chi connectivity index (χ3n) is 2.37. The number of aryl methyl sites for hydroxylation is 1. The molecule has 0 radical (unpaired) electrons. The number of imidazole rings is 1. The van der Waals surface area contributed by atoms with E-state index in [1.54, 1.807) is 24.0 Å². The monoisotopic (exact) mass is 230 g/mol. The second kappa shape index (κ2) is 4.82. The number of hydrogen-bond acceptors (Lipinski definition) is 3. The van der Waals surface area contributed by atoms with Crippen molar-refractivity contribution in [1.29, 1.82) is 0 Å². The fraction of sp³-hybridized carbons (Fsp3) is 0.231. The maximum absolute atomic E-state index is 11.5. The Bertz CT molecular complexity index is 532. The average Bonchev–Trinajstić information content (AvgIpc) is 2.78. The first-order valence-corrected chi connectivity index (χ1v) is 5.49. The second-order valence-corrected chi connectivity index (χ2v) is 3.73. The van der Waals surface area contributed by atoms with Crippen molar-refractivity contribution in [3.63, 3.8) is 0 Å². The highest BCUT2D eigenvalue weighted by atomic mass is 16.5. The minimum atomic E-state index is -0.390. The van der Waals surface area contributed by atoms with Crippen molar-refractivity contribution in [2.75, 3.05) is 6.61 Å². The number of ether oxygens (including phenoxy) is 1. The number of rotatable bonds is 3. The van der Waals surface area contributed by atoms with Crippen LogP contribution in [-0.4, -0.2) is 22.1 Å². The first kappa shape index (κ1) is 11.4. The van der Waals surface area contributed by atoms with Crippen LogP contribution in [0.4, 0.5) is 0 Å². The lowest BCUT2D eigenvalue weighted by Gasteiger charge is -2.02. The highest BCUT2D eigenvalue weighted by Gasteiger charge is 2.10. The van der Waals surface area contributed by atoms with Gasteiger partial charge in [-0.25, -0.2) is 9.78 Å². The number of nitrogens with zero attached hydrogens (tertiary/aromatic N) is 2. The Labute approximate surface area is 99.9 Å². The molecular weight excluding hydrogens is 216 g/mol. The lowest BCUT2D eigenvalue weighted by molar-refractivity contribution is 0.0520. The van der Waals surface area contributed by atoms with Crippen molar-refractivity contribution in [2.45, 2.75) is 13.8 Å². The van der Waals surface area contributed by atoms with E-state index in [1.165, 1.54) is 0 Å². The summed E-state index contributed by atoms with van der Waals surface area (Å²) >= 11 is 0. The Morgan fingerprint density at radius 1 is 1.47 bits per heavy atom. The lowest BCUT2D eigenvalue weighted by atomic mass is 10.2. The summed E-state index contributed by atoms with van der Waals surface area (Å²) in [5, 5.41) is 0. The predicted octanol–water partition coefficient (Wildman–Crippen LogP) is 2.36. The highest BCUT2D eigenvalue weighted by molar-refractivity contribution is 5.87. The fourth-order valence-corrected chi connectivity index (χ4v) is 1.56. The van der Waals surface area contributed by atoms with E-state index >= 15 is 0 Å². The molecule has 0 spiro atoms. The molecule has 0 aliphatic rings. The molecule has 17 heavy (non-hydrogen) atoms. The average molecular weight is 230 g/mol. The number of carbonyl (C=O) groups is 1. The van der Waals surface area contributed by atoms with Gasteiger partial charge in [-0.3, -0.25) is 0 Å². The van der Waals surface area contributed by atoms with E-state index in [2.05, 4.69) is 4.98 Å². The zero-order valence-electron chi connectivity index (χ0n) is 9.88. The van der Waals surface area contributed by atoms with Crippen LogP contribution in [0, 0.1) is 6.92 Å². The zero-order valence-corrected chi connectivity index (χ0v) is 9.88. The quantitative estimate of drug-likeness (QED) is 0.760. The molecule has 88 valence electrons. The van der Waals surface area contributed by atoms with Gasteiger partial charge in [0.2, 0.25) is 0 Å². The molecule has 1 heterocycles. The molecule has 0 N–H and O–H groups in total. The molecule has 1 aromatic heterocycles. The highest BCUT2D eigenvalue weighted by Crippen LogP contribution is 2.11. The van der Waals surface area contributed by atoms with Crippen LogP contribution in [0.15, 0.2) is 36.8 Å². The molecule has 2 aromatic rings. The summed E-state index contributed by atoms with van der Waals surface area (Å²) < 4.78 is 6.69. The van der Waals surface area contributed by atoms with E-state index in [0.717, 1.165) is 11.3 Å². The van der Waals surface area contributed by atoms with Crippen LogP contribution in [0.5, 0.6) is 0 Å². The third kappa shape index (κ3) is 2.53. The molecule has 0 atom stereocenters. The minimum absolute atomic E-state index is 0.327. The van der Waals surface area contributed by atoms with Gasteiger partial charge in [-0.2, -0.15) is 0 Å². The van der Waals surface area contributed by atoms with Crippen molar-refractivity contribution in [1.82, 2.24) is 9.55 Å². The largest absolute Gasteiger partial charge is 0.461 e. The molecule has 0 fully saturated rings. The summed E-state index contributed by atoms with van der Waals surface area (Å²) in [6.07, 6.45) is 3.29. The van der Waals surface area contributed by atoms with Crippen molar-refractivity contribution < 1.29 is 9.53 Å². The van der Waals surface area contributed by atoms with Gasteiger partial charge in [-0.05, 0) is 31.5 Å². The summed E-state index contributed by atoms with van der Waals surface area (Å²) in [6, 6.07) is 7.97. The number of hydrogen-bond donors (Lipinski definition) is 0. The van der Waals surface area contributed by atoms with Gasteiger partial charge in [-0.15, -0.1) is 0 Å². The summed E-state index contributed by atoms with van der Waals surface area (Å²) in [5.41, 5.74) is 2.47. The fourth-order valence-electron chi connectivity index (χ4n) is 1.56. The maximum atomic E-state index is 11.5. The summed E-state index contributed by atoms with van der Waals surface area (Å²) in [7, 11) is 0. The molecule has 4 heteroatoms. The molecule has 4 nitrogen and oxygen atoms in total. The van der Waals surface area contributed by atoms with Gasteiger partial charge in [0, 0.05) is 11.9 Å². The number of aromatic nitrogens is 2. The van der Waals surface area contributed by atoms with Crippen molar-refractivity contribution in [3.05, 3.63) is 48.0 Å². The van der Waals surface area contributed by atoms with E-state index in [9.17, 15) is 4.79 Å².